The number of halogens is 1. The molecule has 162 valence electrons. The van der Waals surface area contributed by atoms with Crippen LogP contribution in [0.2, 0.25) is 5.02 Å². The zero-order valence-electron chi connectivity index (χ0n) is 17.0. The molecule has 0 aliphatic rings. The second kappa shape index (κ2) is 7.81. The number of aromatic nitrogens is 2. The van der Waals surface area contributed by atoms with Crippen LogP contribution in [0.4, 0.5) is 0 Å². The topological polar surface area (TPSA) is 112 Å². The van der Waals surface area contributed by atoms with Gasteiger partial charge in [-0.25, -0.2) is 4.98 Å². The van der Waals surface area contributed by atoms with E-state index in [1.54, 1.807) is 49.4 Å². The lowest BCUT2D eigenvalue weighted by atomic mass is 10.0. The maximum absolute atomic E-state index is 13.4. The number of ketones is 1. The van der Waals surface area contributed by atoms with Gasteiger partial charge in [-0.15, -0.1) is 0 Å². The molecule has 0 spiro atoms. The van der Waals surface area contributed by atoms with E-state index in [1.807, 2.05) is 12.1 Å². The third-order valence-electron chi connectivity index (χ3n) is 5.15. The van der Waals surface area contributed by atoms with E-state index in [4.69, 9.17) is 21.3 Å². The highest BCUT2D eigenvalue weighted by Crippen LogP contribution is 2.45. The number of hydrogen-bond acceptors (Lipinski definition) is 7. The fourth-order valence-electron chi connectivity index (χ4n) is 3.60. The molecule has 0 saturated heterocycles. The minimum absolute atomic E-state index is 0.0159. The first kappa shape index (κ1) is 20.8. The van der Waals surface area contributed by atoms with Gasteiger partial charge in [-0.2, -0.15) is 5.26 Å². The Kier molecular flexibility index (Phi) is 4.93. The number of nitriles is 1. The van der Waals surface area contributed by atoms with Crippen LogP contribution in [0, 0.1) is 18.3 Å². The van der Waals surface area contributed by atoms with Gasteiger partial charge < -0.3 is 14.6 Å². The number of furan rings is 1. The third-order valence-corrected chi connectivity index (χ3v) is 6.46. The summed E-state index contributed by atoms with van der Waals surface area (Å²) in [6.45, 7) is 1.70. The molecule has 9 heteroatoms. The van der Waals surface area contributed by atoms with Crippen LogP contribution in [0.25, 0.3) is 26.6 Å². The number of benzene rings is 2. The van der Waals surface area contributed by atoms with Crippen molar-refractivity contribution >= 4 is 38.9 Å². The Hall–Kier alpha value is -4.06. The van der Waals surface area contributed by atoms with Gasteiger partial charge in [0.25, 0.3) is 0 Å². The molecule has 5 rings (SSSR count). The van der Waals surface area contributed by atoms with Crippen LogP contribution < -0.4 is 0 Å². The Morgan fingerprint density at radius 1 is 1.15 bits per heavy atom. The Morgan fingerprint density at radius 2 is 1.91 bits per heavy atom. The van der Waals surface area contributed by atoms with Crippen molar-refractivity contribution in [1.82, 2.24) is 9.55 Å². The number of hydrogen-bond donors (Lipinski definition) is 2. The summed E-state index contributed by atoms with van der Waals surface area (Å²) in [5.41, 5.74) is 1.51. The van der Waals surface area contributed by atoms with Crippen LogP contribution in [0.3, 0.4) is 0 Å². The van der Waals surface area contributed by atoms with Gasteiger partial charge in [-0.3, -0.25) is 9.36 Å². The maximum atomic E-state index is 13.4. The van der Waals surface area contributed by atoms with Crippen LogP contribution in [0.5, 0.6) is 11.6 Å². The third kappa shape index (κ3) is 3.35. The van der Waals surface area contributed by atoms with Gasteiger partial charge in [-0.1, -0.05) is 41.1 Å². The molecule has 0 radical (unpaired) electrons. The number of carbonyl (C=O) groups is 1. The largest absolute Gasteiger partial charge is 0.503 e. The fraction of sp³-hybridized carbons (Fsp3) is 0.0417. The number of para-hydroxylation sites is 1. The molecule has 0 saturated carbocycles. The van der Waals surface area contributed by atoms with E-state index >= 15 is 0 Å². The van der Waals surface area contributed by atoms with Crippen molar-refractivity contribution in [3.63, 3.8) is 0 Å². The lowest BCUT2D eigenvalue weighted by Crippen LogP contribution is -2.04. The van der Waals surface area contributed by atoms with E-state index in [2.05, 4.69) is 4.98 Å². The number of rotatable bonds is 4. The Labute approximate surface area is 196 Å². The number of aromatic hydroxyl groups is 2. The van der Waals surface area contributed by atoms with Gasteiger partial charge >= 0.3 is 0 Å². The molecular formula is C24H14ClN3O4S. The number of aryl methyl sites for hydroxylation is 1. The zero-order chi connectivity index (χ0) is 23.3. The first-order valence-corrected chi connectivity index (χ1v) is 10.9. The van der Waals surface area contributed by atoms with Crippen molar-refractivity contribution in [2.45, 2.75) is 6.92 Å². The quantitative estimate of drug-likeness (QED) is 0.316. The van der Waals surface area contributed by atoms with E-state index in [9.17, 15) is 15.0 Å². The highest BCUT2D eigenvalue weighted by Gasteiger charge is 2.32. The van der Waals surface area contributed by atoms with E-state index in [1.165, 1.54) is 22.0 Å². The summed E-state index contributed by atoms with van der Waals surface area (Å²) in [7, 11) is 0. The Morgan fingerprint density at radius 3 is 2.55 bits per heavy atom. The Balaban J connectivity index is 1.82. The smallest absolute Gasteiger partial charge is 0.242 e. The molecule has 3 heterocycles. The molecule has 0 amide bonds. The summed E-state index contributed by atoms with van der Waals surface area (Å²) in [6, 6.07) is 16.9. The molecule has 0 unspecified atom stereocenters. The standard InChI is InChI=1S/C24H14ClN3O4S/c1-12-5-10-16(32-12)21(29)18-20(14-8-6-13(11-26)7-9-14)28(23(31)22(18)30)24-27-19-15(25)3-2-4-17(19)33-24/h2-10,30-31H,1H3. The SMILES string of the molecule is Cc1ccc(C(=O)c2c(O)c(O)n(-c3nc4c(Cl)cccc4s3)c2-c2ccc(C#N)cc2)o1. The molecule has 3 aromatic heterocycles. The molecule has 0 bridgehead atoms. The van der Waals surface area contributed by atoms with Crippen molar-refractivity contribution < 1.29 is 19.4 Å². The van der Waals surface area contributed by atoms with E-state index < -0.39 is 17.4 Å². The van der Waals surface area contributed by atoms with Gasteiger partial charge in [0.05, 0.1) is 32.6 Å². The average Bonchev–Trinajstić information content (AvgIpc) is 3.51. The predicted octanol–water partition coefficient (Wildman–Crippen LogP) is 5.82. The van der Waals surface area contributed by atoms with Gasteiger partial charge in [0, 0.05) is 0 Å². The fourth-order valence-corrected chi connectivity index (χ4v) is 4.88. The van der Waals surface area contributed by atoms with Crippen molar-refractivity contribution in [3.8, 4) is 34.1 Å². The molecule has 7 nitrogen and oxygen atoms in total. The molecule has 0 aliphatic heterocycles. The lowest BCUT2D eigenvalue weighted by molar-refractivity contribution is 0.101. The molecule has 5 aromatic rings. The summed E-state index contributed by atoms with van der Waals surface area (Å²) < 4.78 is 7.55. The highest BCUT2D eigenvalue weighted by atomic mass is 35.5. The second-order valence-electron chi connectivity index (χ2n) is 7.24. The maximum Gasteiger partial charge on any atom is 0.242 e. The summed E-state index contributed by atoms with van der Waals surface area (Å²) >= 11 is 7.52. The monoisotopic (exact) mass is 475 g/mol. The number of fused-ring (bicyclic) bond motifs is 1. The van der Waals surface area contributed by atoms with Gasteiger partial charge in [-0.05, 0) is 48.9 Å². The van der Waals surface area contributed by atoms with E-state index in [0.29, 0.717) is 32.6 Å². The molecule has 2 aromatic carbocycles. The van der Waals surface area contributed by atoms with Crippen molar-refractivity contribution in [1.29, 1.82) is 5.26 Å². The number of nitrogens with zero attached hydrogens (tertiary/aromatic N) is 3. The summed E-state index contributed by atoms with van der Waals surface area (Å²) in [5, 5.41) is 31.7. The molecule has 0 aliphatic carbocycles. The summed E-state index contributed by atoms with van der Waals surface area (Å²) in [4.78, 5) is 17.9. The molecule has 2 N–H and O–H groups in total. The van der Waals surface area contributed by atoms with E-state index in [0.717, 1.165) is 4.70 Å². The van der Waals surface area contributed by atoms with Gasteiger partial charge in [0.1, 0.15) is 11.3 Å². The highest BCUT2D eigenvalue weighted by molar-refractivity contribution is 7.21. The molecule has 0 atom stereocenters. The van der Waals surface area contributed by atoms with Crippen molar-refractivity contribution in [2.75, 3.05) is 0 Å². The normalized spacial score (nSPS) is 11.1. The van der Waals surface area contributed by atoms with Crippen molar-refractivity contribution in [3.05, 3.63) is 82.3 Å². The number of thiazole rings is 1. The van der Waals surface area contributed by atoms with Crippen LogP contribution in [-0.4, -0.2) is 25.5 Å². The van der Waals surface area contributed by atoms with Gasteiger partial charge in [0.2, 0.25) is 11.7 Å². The minimum Gasteiger partial charge on any atom is -0.503 e. The van der Waals surface area contributed by atoms with Crippen LogP contribution in [-0.2, 0) is 0 Å². The second-order valence-corrected chi connectivity index (χ2v) is 8.66. The average molecular weight is 476 g/mol. The predicted molar refractivity (Wildman–Crippen MR) is 124 cm³/mol. The molecular weight excluding hydrogens is 462 g/mol. The summed E-state index contributed by atoms with van der Waals surface area (Å²) in [5.74, 6) is -1.20. The summed E-state index contributed by atoms with van der Waals surface area (Å²) in [6.07, 6.45) is 0. The lowest BCUT2D eigenvalue weighted by Gasteiger charge is -2.09. The molecule has 33 heavy (non-hydrogen) atoms. The van der Waals surface area contributed by atoms with Crippen LogP contribution in [0.15, 0.2) is 59.0 Å². The molecule has 0 fully saturated rings. The van der Waals surface area contributed by atoms with Crippen molar-refractivity contribution in [2.24, 2.45) is 0 Å². The minimum atomic E-state index is -0.604. The van der Waals surface area contributed by atoms with E-state index in [-0.39, 0.29) is 17.0 Å². The zero-order valence-corrected chi connectivity index (χ0v) is 18.6. The number of carbonyl (C=O) groups excluding carboxylic acids is 1. The first-order chi connectivity index (χ1) is 15.9. The van der Waals surface area contributed by atoms with Crippen LogP contribution >= 0.6 is 22.9 Å². The van der Waals surface area contributed by atoms with Gasteiger partial charge in [0.15, 0.2) is 16.6 Å². The first-order valence-electron chi connectivity index (χ1n) is 9.72. The van der Waals surface area contributed by atoms with Crippen LogP contribution in [0.1, 0.15) is 27.4 Å². The Bertz CT molecular complexity index is 1590.